The lowest BCUT2D eigenvalue weighted by Gasteiger charge is -2.32. The van der Waals surface area contributed by atoms with Gasteiger partial charge in [0.15, 0.2) is 17.3 Å². The van der Waals surface area contributed by atoms with Crippen LogP contribution in [0.3, 0.4) is 0 Å². The fourth-order valence-electron chi connectivity index (χ4n) is 4.29. The van der Waals surface area contributed by atoms with E-state index in [-0.39, 0.29) is 46.8 Å². The van der Waals surface area contributed by atoms with E-state index in [4.69, 9.17) is 20.9 Å². The summed E-state index contributed by atoms with van der Waals surface area (Å²) in [5.74, 6) is -0.529. The fraction of sp³-hybridized carbons (Fsp3) is 0.375. The minimum Gasteiger partial charge on any atom is -0.493 e. The summed E-state index contributed by atoms with van der Waals surface area (Å²) in [5.41, 5.74) is 13.0. The van der Waals surface area contributed by atoms with Crippen molar-refractivity contribution in [1.82, 2.24) is 9.97 Å². The lowest BCUT2D eigenvalue weighted by molar-refractivity contribution is -0.123. The molecule has 1 saturated heterocycles. The van der Waals surface area contributed by atoms with Crippen LogP contribution in [0.1, 0.15) is 30.9 Å². The minimum absolute atomic E-state index is 0.0450. The van der Waals surface area contributed by atoms with Gasteiger partial charge in [-0.05, 0) is 36.6 Å². The van der Waals surface area contributed by atoms with E-state index < -0.39 is 11.9 Å². The number of carbonyl (C=O) groups excluding carboxylic acids is 1. The molecule has 180 valence electrons. The number of ether oxygens (including phenoxy) is 2. The maximum absolute atomic E-state index is 15.0. The van der Waals surface area contributed by atoms with Crippen LogP contribution in [0, 0.1) is 17.6 Å². The van der Waals surface area contributed by atoms with Crippen molar-refractivity contribution in [2.24, 2.45) is 11.7 Å². The van der Waals surface area contributed by atoms with Crippen molar-refractivity contribution in [2.75, 3.05) is 37.9 Å². The summed E-state index contributed by atoms with van der Waals surface area (Å²) < 4.78 is 38.5. The summed E-state index contributed by atoms with van der Waals surface area (Å²) in [4.78, 5) is 23.4. The minimum atomic E-state index is -0.674. The number of benzene rings is 2. The number of methoxy groups -OCH3 is 2. The van der Waals surface area contributed by atoms with E-state index in [1.54, 1.807) is 18.2 Å². The maximum Gasteiger partial charge on any atom is 0.227 e. The predicted octanol–water partition coefficient (Wildman–Crippen LogP) is 3.38. The van der Waals surface area contributed by atoms with Crippen LogP contribution in [-0.2, 0) is 4.79 Å². The first-order valence-corrected chi connectivity index (χ1v) is 11.0. The van der Waals surface area contributed by atoms with Gasteiger partial charge in [-0.2, -0.15) is 4.98 Å². The fourth-order valence-corrected chi connectivity index (χ4v) is 4.29. The summed E-state index contributed by atoms with van der Waals surface area (Å²) in [6.07, 6.45) is 1.36. The number of hydrogen-bond donors (Lipinski definition) is 2. The van der Waals surface area contributed by atoms with Crippen molar-refractivity contribution in [2.45, 2.75) is 25.3 Å². The molecule has 2 heterocycles. The molecule has 2 aromatic carbocycles. The number of hydrogen-bond acceptors (Lipinski definition) is 8. The topological polar surface area (TPSA) is 117 Å². The smallest absolute Gasteiger partial charge is 0.227 e. The van der Waals surface area contributed by atoms with Crippen LogP contribution in [0.2, 0.25) is 0 Å². The van der Waals surface area contributed by atoms with E-state index in [2.05, 4.69) is 9.97 Å². The van der Waals surface area contributed by atoms with Gasteiger partial charge >= 0.3 is 0 Å². The number of ketones is 1. The molecule has 1 atom stereocenters. The Kier molecular flexibility index (Phi) is 6.78. The lowest BCUT2D eigenvalue weighted by atomic mass is 9.88. The Morgan fingerprint density at radius 2 is 1.82 bits per heavy atom. The molecule has 0 bridgehead atoms. The number of nitrogens with zero attached hydrogens (tertiary/aromatic N) is 3. The van der Waals surface area contributed by atoms with Crippen molar-refractivity contribution in [3.8, 4) is 11.5 Å². The highest BCUT2D eigenvalue weighted by Crippen LogP contribution is 2.38. The first-order chi connectivity index (χ1) is 16.3. The average molecular weight is 472 g/mol. The summed E-state index contributed by atoms with van der Waals surface area (Å²) in [7, 11) is 2.76. The predicted molar refractivity (Wildman–Crippen MR) is 125 cm³/mol. The van der Waals surface area contributed by atoms with E-state index in [1.165, 1.54) is 26.4 Å². The highest BCUT2D eigenvalue weighted by molar-refractivity contribution is 5.92. The Balaban J connectivity index is 1.46. The summed E-state index contributed by atoms with van der Waals surface area (Å²) in [6, 6.07) is 6.93. The average Bonchev–Trinajstić information content (AvgIpc) is 2.84. The number of halogens is 2. The molecule has 1 aromatic heterocycles. The van der Waals surface area contributed by atoms with Crippen LogP contribution in [0.5, 0.6) is 11.5 Å². The molecule has 10 heteroatoms. The zero-order valence-electron chi connectivity index (χ0n) is 19.1. The van der Waals surface area contributed by atoms with Gasteiger partial charge in [0.05, 0.1) is 14.2 Å². The van der Waals surface area contributed by atoms with Crippen LogP contribution in [-0.4, -0.2) is 43.1 Å². The number of anilines is 2. The zero-order chi connectivity index (χ0) is 24.4. The molecule has 0 spiro atoms. The van der Waals surface area contributed by atoms with Crippen LogP contribution in [0.4, 0.5) is 20.5 Å². The third-order valence-electron chi connectivity index (χ3n) is 6.25. The number of Topliss-reactive ketones (excluding diaryl/α,β-unsaturated/α-hetero) is 1. The normalized spacial score (nSPS) is 15.4. The Bertz CT molecular complexity index is 1200. The van der Waals surface area contributed by atoms with E-state index in [0.29, 0.717) is 37.3 Å². The van der Waals surface area contributed by atoms with Gasteiger partial charge in [-0.1, -0.05) is 12.1 Å². The molecule has 0 unspecified atom stereocenters. The highest BCUT2D eigenvalue weighted by atomic mass is 19.1. The Morgan fingerprint density at radius 3 is 2.44 bits per heavy atom. The zero-order valence-corrected chi connectivity index (χ0v) is 19.1. The van der Waals surface area contributed by atoms with E-state index in [1.807, 2.05) is 4.90 Å². The van der Waals surface area contributed by atoms with Gasteiger partial charge in [-0.3, -0.25) is 4.79 Å². The number of fused-ring (bicyclic) bond motifs is 1. The lowest BCUT2D eigenvalue weighted by Crippen LogP contribution is -2.38. The molecule has 1 aliphatic rings. The Hall–Kier alpha value is -3.53. The molecule has 0 radical (unpaired) electrons. The molecule has 3 aromatic rings. The number of nitrogen functional groups attached to an aromatic ring is 1. The quantitative estimate of drug-likeness (QED) is 0.539. The molecule has 0 amide bonds. The number of carbonyl (C=O) groups is 1. The van der Waals surface area contributed by atoms with Gasteiger partial charge in [0.2, 0.25) is 5.95 Å². The third-order valence-corrected chi connectivity index (χ3v) is 6.25. The van der Waals surface area contributed by atoms with Crippen LogP contribution in [0.15, 0.2) is 30.3 Å². The van der Waals surface area contributed by atoms with Crippen molar-refractivity contribution in [3.05, 3.63) is 47.5 Å². The first kappa shape index (κ1) is 23.6. The van der Waals surface area contributed by atoms with Gasteiger partial charge in [0, 0.05) is 36.9 Å². The molecular formula is C24H27F2N5O3. The third kappa shape index (κ3) is 4.58. The summed E-state index contributed by atoms with van der Waals surface area (Å²) in [6.45, 7) is 1.03. The monoisotopic (exact) mass is 471 g/mol. The van der Waals surface area contributed by atoms with Crippen LogP contribution < -0.4 is 25.8 Å². The molecule has 1 aliphatic heterocycles. The van der Waals surface area contributed by atoms with E-state index in [9.17, 15) is 9.18 Å². The van der Waals surface area contributed by atoms with Gasteiger partial charge < -0.3 is 25.8 Å². The summed E-state index contributed by atoms with van der Waals surface area (Å²) >= 11 is 0. The van der Waals surface area contributed by atoms with Gasteiger partial charge in [-0.25, -0.2) is 13.8 Å². The van der Waals surface area contributed by atoms with Crippen LogP contribution >= 0.6 is 0 Å². The van der Waals surface area contributed by atoms with E-state index >= 15 is 4.39 Å². The van der Waals surface area contributed by atoms with Gasteiger partial charge in [0.1, 0.15) is 22.9 Å². The number of aromatic nitrogens is 2. The SMILES string of the molecule is COc1cc2c(N)nc(N3CCC(C(=O)C[C@@H](N)c4ccc(F)cc4)CC3)nc2c(F)c1OC. The molecule has 4 N–H and O–H groups in total. The van der Waals surface area contributed by atoms with E-state index in [0.717, 1.165) is 5.56 Å². The number of nitrogens with two attached hydrogens (primary N) is 2. The maximum atomic E-state index is 15.0. The first-order valence-electron chi connectivity index (χ1n) is 11.0. The standard InChI is InChI=1S/C24H27F2N5O3/c1-33-19-11-16-21(20(26)22(19)34-2)29-24(30-23(16)28)31-9-7-14(8-10-31)18(32)12-17(27)13-3-5-15(25)6-4-13/h3-6,11,14,17H,7-10,12,27H2,1-2H3,(H2,28,29,30)/t17-/m1/s1. The second-order valence-electron chi connectivity index (χ2n) is 8.32. The van der Waals surface area contributed by atoms with Crippen molar-refractivity contribution >= 4 is 28.5 Å². The molecule has 34 heavy (non-hydrogen) atoms. The number of piperidine rings is 1. The van der Waals surface area contributed by atoms with Crippen molar-refractivity contribution < 1.29 is 23.0 Å². The molecular weight excluding hydrogens is 444 g/mol. The Labute approximate surface area is 195 Å². The van der Waals surface area contributed by atoms with Gasteiger partial charge in [-0.15, -0.1) is 0 Å². The highest BCUT2D eigenvalue weighted by Gasteiger charge is 2.28. The van der Waals surface area contributed by atoms with Crippen LogP contribution in [0.25, 0.3) is 10.9 Å². The van der Waals surface area contributed by atoms with Gasteiger partial charge in [0.25, 0.3) is 0 Å². The summed E-state index contributed by atoms with van der Waals surface area (Å²) in [5, 5.41) is 0.332. The van der Waals surface area contributed by atoms with Crippen molar-refractivity contribution in [3.63, 3.8) is 0 Å². The molecule has 0 aliphatic carbocycles. The van der Waals surface area contributed by atoms with Crippen molar-refractivity contribution in [1.29, 1.82) is 0 Å². The molecule has 0 saturated carbocycles. The molecule has 1 fully saturated rings. The molecule has 8 nitrogen and oxygen atoms in total. The number of rotatable bonds is 7. The molecule has 4 rings (SSSR count). The second-order valence-corrected chi connectivity index (χ2v) is 8.32. The second kappa shape index (κ2) is 9.76. The largest absolute Gasteiger partial charge is 0.493 e. The Morgan fingerprint density at radius 1 is 1.15 bits per heavy atom.